The summed E-state index contributed by atoms with van der Waals surface area (Å²) in [6.07, 6.45) is 0.719. The van der Waals surface area contributed by atoms with Crippen LogP contribution in [-0.2, 0) is 4.79 Å². The SMILES string of the molecule is CC(CCN)C(=O)N(C)C(C)c1ccc(Cl)cc1. The van der Waals surface area contributed by atoms with Crippen molar-refractivity contribution in [1.82, 2.24) is 4.90 Å². The summed E-state index contributed by atoms with van der Waals surface area (Å²) < 4.78 is 0. The molecule has 2 N–H and O–H groups in total. The first-order valence-electron chi connectivity index (χ1n) is 6.19. The molecular weight excluding hydrogens is 248 g/mol. The molecule has 3 nitrogen and oxygen atoms in total. The van der Waals surface area contributed by atoms with Crippen molar-refractivity contribution in [3.63, 3.8) is 0 Å². The molecule has 0 aromatic heterocycles. The van der Waals surface area contributed by atoms with Crippen molar-refractivity contribution in [1.29, 1.82) is 0 Å². The normalized spacial score (nSPS) is 14.1. The quantitative estimate of drug-likeness (QED) is 0.893. The minimum absolute atomic E-state index is 0.0326. The van der Waals surface area contributed by atoms with Gasteiger partial charge in [-0.25, -0.2) is 0 Å². The van der Waals surface area contributed by atoms with Crippen molar-refractivity contribution in [2.24, 2.45) is 11.7 Å². The fraction of sp³-hybridized carbons (Fsp3) is 0.500. The van der Waals surface area contributed by atoms with E-state index in [9.17, 15) is 4.79 Å². The van der Waals surface area contributed by atoms with Gasteiger partial charge in [-0.2, -0.15) is 0 Å². The van der Waals surface area contributed by atoms with Crippen molar-refractivity contribution in [3.8, 4) is 0 Å². The van der Waals surface area contributed by atoms with E-state index in [1.54, 1.807) is 4.90 Å². The zero-order valence-electron chi connectivity index (χ0n) is 11.2. The zero-order valence-corrected chi connectivity index (χ0v) is 11.9. The highest BCUT2D eigenvalue weighted by molar-refractivity contribution is 6.30. The predicted octanol–water partition coefficient (Wildman–Crippen LogP) is 2.84. The molecule has 18 heavy (non-hydrogen) atoms. The number of hydrogen-bond acceptors (Lipinski definition) is 2. The van der Waals surface area contributed by atoms with Gasteiger partial charge in [0.15, 0.2) is 0 Å². The van der Waals surface area contributed by atoms with Gasteiger partial charge >= 0.3 is 0 Å². The molecule has 2 unspecified atom stereocenters. The lowest BCUT2D eigenvalue weighted by atomic mass is 10.0. The summed E-state index contributed by atoms with van der Waals surface area (Å²) >= 11 is 5.86. The van der Waals surface area contributed by atoms with Gasteiger partial charge in [0.05, 0.1) is 6.04 Å². The average Bonchev–Trinajstić information content (AvgIpc) is 2.37. The van der Waals surface area contributed by atoms with Gasteiger partial charge in [0.2, 0.25) is 5.91 Å². The Balaban J connectivity index is 2.74. The Kier molecular flexibility index (Phi) is 5.63. The highest BCUT2D eigenvalue weighted by Crippen LogP contribution is 2.22. The molecule has 0 saturated heterocycles. The summed E-state index contributed by atoms with van der Waals surface area (Å²) in [5.74, 6) is 0.0950. The van der Waals surface area contributed by atoms with Crippen LogP contribution in [0.25, 0.3) is 0 Å². The first-order valence-corrected chi connectivity index (χ1v) is 6.57. The second-order valence-electron chi connectivity index (χ2n) is 4.66. The van der Waals surface area contributed by atoms with E-state index in [0.717, 1.165) is 12.0 Å². The van der Waals surface area contributed by atoms with E-state index < -0.39 is 0 Å². The number of hydrogen-bond donors (Lipinski definition) is 1. The van der Waals surface area contributed by atoms with Gasteiger partial charge in [-0.15, -0.1) is 0 Å². The van der Waals surface area contributed by atoms with Crippen LogP contribution < -0.4 is 5.73 Å². The van der Waals surface area contributed by atoms with E-state index in [-0.39, 0.29) is 17.9 Å². The number of carbonyl (C=O) groups excluding carboxylic acids is 1. The van der Waals surface area contributed by atoms with Crippen LogP contribution in [0.1, 0.15) is 31.9 Å². The van der Waals surface area contributed by atoms with Gasteiger partial charge in [0, 0.05) is 18.0 Å². The Bertz CT molecular complexity index is 391. The molecule has 1 rings (SSSR count). The van der Waals surface area contributed by atoms with Crippen LogP contribution in [0.5, 0.6) is 0 Å². The summed E-state index contributed by atoms with van der Waals surface area (Å²) in [6.45, 7) is 4.46. The average molecular weight is 269 g/mol. The van der Waals surface area contributed by atoms with Crippen molar-refractivity contribution in [3.05, 3.63) is 34.9 Å². The van der Waals surface area contributed by atoms with Crippen molar-refractivity contribution >= 4 is 17.5 Å². The molecule has 100 valence electrons. The van der Waals surface area contributed by atoms with E-state index in [4.69, 9.17) is 17.3 Å². The summed E-state index contributed by atoms with van der Waals surface area (Å²) in [7, 11) is 1.83. The van der Waals surface area contributed by atoms with Crippen LogP contribution in [0.4, 0.5) is 0 Å². The molecule has 1 amide bonds. The topological polar surface area (TPSA) is 46.3 Å². The number of nitrogens with zero attached hydrogens (tertiary/aromatic N) is 1. The lowest BCUT2D eigenvalue weighted by Crippen LogP contribution is -2.34. The van der Waals surface area contributed by atoms with E-state index in [0.29, 0.717) is 11.6 Å². The third-order valence-corrected chi connectivity index (χ3v) is 3.55. The smallest absolute Gasteiger partial charge is 0.225 e. The van der Waals surface area contributed by atoms with E-state index in [1.807, 2.05) is 45.2 Å². The molecule has 1 aromatic rings. The number of carbonyl (C=O) groups is 1. The maximum atomic E-state index is 12.2. The predicted molar refractivity (Wildman–Crippen MR) is 75.5 cm³/mol. The second kappa shape index (κ2) is 6.76. The number of amides is 1. The van der Waals surface area contributed by atoms with Crippen molar-refractivity contribution < 1.29 is 4.79 Å². The van der Waals surface area contributed by atoms with Crippen LogP contribution in [-0.4, -0.2) is 24.4 Å². The lowest BCUT2D eigenvalue weighted by Gasteiger charge is -2.28. The third kappa shape index (κ3) is 3.72. The number of rotatable bonds is 5. The van der Waals surface area contributed by atoms with Crippen LogP contribution >= 0.6 is 11.6 Å². The van der Waals surface area contributed by atoms with Crippen LogP contribution in [0.3, 0.4) is 0 Å². The Morgan fingerprint density at radius 2 is 1.89 bits per heavy atom. The number of nitrogens with two attached hydrogens (primary N) is 1. The van der Waals surface area contributed by atoms with Gasteiger partial charge in [-0.3, -0.25) is 4.79 Å². The molecule has 0 spiro atoms. The fourth-order valence-corrected chi connectivity index (χ4v) is 2.00. The Hall–Kier alpha value is -1.06. The summed E-state index contributed by atoms with van der Waals surface area (Å²) in [5.41, 5.74) is 6.56. The first-order chi connectivity index (χ1) is 8.47. The van der Waals surface area contributed by atoms with E-state index in [2.05, 4.69) is 0 Å². The lowest BCUT2D eigenvalue weighted by molar-refractivity contribution is -0.135. The van der Waals surface area contributed by atoms with E-state index in [1.165, 1.54) is 0 Å². The fourth-order valence-electron chi connectivity index (χ4n) is 1.88. The van der Waals surface area contributed by atoms with Gasteiger partial charge in [0.25, 0.3) is 0 Å². The van der Waals surface area contributed by atoms with E-state index >= 15 is 0 Å². The summed E-state index contributed by atoms with van der Waals surface area (Å²) in [5, 5.41) is 0.705. The zero-order chi connectivity index (χ0) is 13.7. The van der Waals surface area contributed by atoms with Crippen LogP contribution in [0.2, 0.25) is 5.02 Å². The molecule has 0 fully saturated rings. The molecule has 2 atom stereocenters. The van der Waals surface area contributed by atoms with Crippen molar-refractivity contribution in [2.45, 2.75) is 26.3 Å². The highest BCUT2D eigenvalue weighted by atomic mass is 35.5. The molecule has 0 radical (unpaired) electrons. The monoisotopic (exact) mass is 268 g/mol. The summed E-state index contributed by atoms with van der Waals surface area (Å²) in [4.78, 5) is 13.9. The van der Waals surface area contributed by atoms with Crippen molar-refractivity contribution in [2.75, 3.05) is 13.6 Å². The van der Waals surface area contributed by atoms with Crippen LogP contribution in [0.15, 0.2) is 24.3 Å². The molecule has 0 aliphatic carbocycles. The maximum absolute atomic E-state index is 12.2. The molecule has 0 saturated carbocycles. The van der Waals surface area contributed by atoms with Gasteiger partial charge in [0.1, 0.15) is 0 Å². The second-order valence-corrected chi connectivity index (χ2v) is 5.09. The maximum Gasteiger partial charge on any atom is 0.225 e. The minimum Gasteiger partial charge on any atom is -0.339 e. The first kappa shape index (κ1) is 15.0. The highest BCUT2D eigenvalue weighted by Gasteiger charge is 2.21. The molecule has 0 aliphatic heterocycles. The standard InChI is InChI=1S/C14H21ClN2O/c1-10(8-9-16)14(18)17(3)11(2)12-4-6-13(15)7-5-12/h4-7,10-11H,8-9,16H2,1-3H3. The molecular formula is C14H21ClN2O. The minimum atomic E-state index is -0.0326. The number of halogens is 1. The largest absolute Gasteiger partial charge is 0.339 e. The Morgan fingerprint density at radius 1 is 1.33 bits per heavy atom. The molecule has 4 heteroatoms. The number of benzene rings is 1. The Morgan fingerprint density at radius 3 is 2.39 bits per heavy atom. The molecule has 0 aliphatic rings. The third-order valence-electron chi connectivity index (χ3n) is 3.30. The van der Waals surface area contributed by atoms with Crippen LogP contribution in [0, 0.1) is 5.92 Å². The van der Waals surface area contributed by atoms with Gasteiger partial charge in [-0.05, 0) is 37.6 Å². The summed E-state index contributed by atoms with van der Waals surface area (Å²) in [6, 6.07) is 7.62. The molecule has 0 bridgehead atoms. The molecule has 0 heterocycles. The van der Waals surface area contributed by atoms with Gasteiger partial charge < -0.3 is 10.6 Å². The molecule has 1 aromatic carbocycles. The van der Waals surface area contributed by atoms with Gasteiger partial charge in [-0.1, -0.05) is 30.7 Å². The Labute approximate surface area is 114 Å².